The summed E-state index contributed by atoms with van der Waals surface area (Å²) in [6.45, 7) is 0.969. The Morgan fingerprint density at radius 3 is 2.58 bits per heavy atom. The van der Waals surface area contributed by atoms with Crippen molar-refractivity contribution >= 4 is 46.2 Å². The first-order valence-corrected chi connectivity index (χ1v) is 11.6. The van der Waals surface area contributed by atoms with Gasteiger partial charge in [0.2, 0.25) is 5.91 Å². The molecule has 0 aliphatic carbocycles. The Bertz CT molecular complexity index is 1390. The van der Waals surface area contributed by atoms with Gasteiger partial charge in [-0.05, 0) is 31.8 Å². The molecule has 0 radical (unpaired) electrons. The fourth-order valence-corrected chi connectivity index (χ4v) is 4.63. The highest BCUT2D eigenvalue weighted by molar-refractivity contribution is 6.37. The van der Waals surface area contributed by atoms with Crippen LogP contribution in [-0.4, -0.2) is 62.0 Å². The highest BCUT2D eigenvalue weighted by Gasteiger charge is 2.31. The minimum atomic E-state index is -0.472. The van der Waals surface area contributed by atoms with Crippen LogP contribution >= 0.6 is 0 Å². The smallest absolute Gasteiger partial charge is 0.337 e. The number of nitrogens with one attached hydrogen (secondary N) is 3. The van der Waals surface area contributed by atoms with E-state index >= 15 is 0 Å². The van der Waals surface area contributed by atoms with Crippen molar-refractivity contribution in [2.45, 2.75) is 6.42 Å². The van der Waals surface area contributed by atoms with Crippen LogP contribution in [0.1, 0.15) is 27.2 Å². The minimum absolute atomic E-state index is 0.0384. The molecule has 184 valence electrons. The maximum Gasteiger partial charge on any atom is 0.337 e. The molecule has 3 N–H and O–H groups in total. The number of benzene rings is 2. The Morgan fingerprint density at radius 1 is 1.08 bits per heavy atom. The number of esters is 1. The molecule has 9 heteroatoms. The zero-order chi connectivity index (χ0) is 25.4. The lowest BCUT2D eigenvalue weighted by molar-refractivity contribution is -0.119. The van der Waals surface area contributed by atoms with Gasteiger partial charge >= 0.3 is 5.97 Å². The van der Waals surface area contributed by atoms with Crippen molar-refractivity contribution in [3.8, 4) is 0 Å². The van der Waals surface area contributed by atoms with E-state index < -0.39 is 5.97 Å². The van der Waals surface area contributed by atoms with E-state index in [4.69, 9.17) is 4.74 Å². The molecule has 0 saturated heterocycles. The minimum Gasteiger partial charge on any atom is -0.465 e. The van der Waals surface area contributed by atoms with Crippen LogP contribution in [0.4, 0.5) is 17.2 Å². The van der Waals surface area contributed by atoms with Crippen LogP contribution in [0.15, 0.2) is 54.6 Å². The molecule has 0 spiro atoms. The average molecular weight is 486 g/mol. The summed E-state index contributed by atoms with van der Waals surface area (Å²) >= 11 is 0. The predicted octanol–water partition coefficient (Wildman–Crippen LogP) is 3.18. The van der Waals surface area contributed by atoms with Crippen molar-refractivity contribution in [2.75, 3.05) is 49.8 Å². The van der Waals surface area contributed by atoms with Gasteiger partial charge < -0.3 is 30.2 Å². The van der Waals surface area contributed by atoms with Crippen molar-refractivity contribution in [1.82, 2.24) is 9.88 Å². The molecule has 2 aliphatic heterocycles. The Kier molecular flexibility index (Phi) is 6.07. The number of fused-ring (bicyclic) bond motifs is 2. The molecular weight excluding hydrogens is 458 g/mol. The van der Waals surface area contributed by atoms with Crippen molar-refractivity contribution in [3.63, 3.8) is 0 Å². The number of hydrogen-bond donors (Lipinski definition) is 3. The number of carbonyl (C=O) groups excluding carboxylic acids is 3. The van der Waals surface area contributed by atoms with E-state index in [-0.39, 0.29) is 11.8 Å². The van der Waals surface area contributed by atoms with Gasteiger partial charge in [-0.3, -0.25) is 9.59 Å². The lowest BCUT2D eigenvalue weighted by Crippen LogP contribution is -2.36. The summed E-state index contributed by atoms with van der Waals surface area (Å²) in [6.07, 6.45) is 0.729. The lowest BCUT2D eigenvalue weighted by Gasteiger charge is -2.19. The van der Waals surface area contributed by atoms with Gasteiger partial charge in [0, 0.05) is 30.3 Å². The predicted molar refractivity (Wildman–Crippen MR) is 139 cm³/mol. The number of hydrogen-bond acceptors (Lipinski definition) is 6. The maximum atomic E-state index is 13.2. The molecule has 2 aromatic carbocycles. The molecule has 2 aliphatic rings. The number of methoxy groups -OCH3 is 1. The fourth-order valence-electron chi connectivity index (χ4n) is 4.63. The maximum absolute atomic E-state index is 13.2. The number of carbonyl (C=O) groups is 3. The molecule has 0 bridgehead atoms. The molecule has 5 rings (SSSR count). The number of nitrogens with zero attached hydrogens (tertiary/aromatic N) is 2. The molecule has 3 heterocycles. The van der Waals surface area contributed by atoms with Crippen LogP contribution in [0.3, 0.4) is 0 Å². The number of anilines is 3. The molecule has 0 saturated carbocycles. The summed E-state index contributed by atoms with van der Waals surface area (Å²) in [6, 6.07) is 16.5. The number of likely N-dealkylation sites (N-methyl/N-ethyl adjacent to an activating group) is 1. The topological polar surface area (TPSA) is 107 Å². The van der Waals surface area contributed by atoms with Crippen LogP contribution in [-0.2, 0) is 20.7 Å². The Hall–Kier alpha value is -4.37. The van der Waals surface area contributed by atoms with E-state index in [2.05, 4.69) is 15.6 Å². The summed E-state index contributed by atoms with van der Waals surface area (Å²) in [5.41, 5.74) is 5.30. The number of aromatic nitrogens is 1. The molecule has 3 aromatic rings. The first-order chi connectivity index (χ1) is 17.4. The number of amides is 2. The van der Waals surface area contributed by atoms with Gasteiger partial charge in [0.05, 0.1) is 41.9 Å². The monoisotopic (exact) mass is 485 g/mol. The third kappa shape index (κ3) is 4.25. The molecule has 36 heavy (non-hydrogen) atoms. The third-order valence-corrected chi connectivity index (χ3v) is 6.26. The molecule has 0 unspecified atom stereocenters. The fraction of sp³-hybridized carbons (Fsp3) is 0.222. The highest BCUT2D eigenvalue weighted by atomic mass is 16.5. The van der Waals surface area contributed by atoms with E-state index in [9.17, 15) is 14.4 Å². The van der Waals surface area contributed by atoms with Crippen LogP contribution in [0, 0.1) is 0 Å². The van der Waals surface area contributed by atoms with E-state index in [1.54, 1.807) is 23.1 Å². The summed E-state index contributed by atoms with van der Waals surface area (Å²) in [7, 11) is 5.06. The normalized spacial score (nSPS) is 15.4. The number of rotatable bonds is 6. The Balaban J connectivity index is 1.55. The number of ether oxygens (including phenoxy) is 1. The molecule has 0 fully saturated rings. The van der Waals surface area contributed by atoms with Gasteiger partial charge in [-0.1, -0.05) is 36.4 Å². The molecular formula is C27H27N5O4. The summed E-state index contributed by atoms with van der Waals surface area (Å²) in [5, 5.41) is 6.28. The van der Waals surface area contributed by atoms with Crippen molar-refractivity contribution in [1.29, 1.82) is 0 Å². The molecule has 0 atom stereocenters. The summed E-state index contributed by atoms with van der Waals surface area (Å²) < 4.78 is 4.81. The van der Waals surface area contributed by atoms with Crippen molar-refractivity contribution in [3.05, 3.63) is 77.0 Å². The first-order valence-electron chi connectivity index (χ1n) is 11.6. The SMILES string of the molecule is COC(=O)c1ccc2c(c1)NC(=O)/C2=C(\Nc1cc2c([nH]1)CCN2C(=O)CN(C)C)c1ccccc1. The van der Waals surface area contributed by atoms with E-state index in [0.29, 0.717) is 47.0 Å². The van der Waals surface area contributed by atoms with E-state index in [1.165, 1.54) is 7.11 Å². The second-order valence-corrected chi connectivity index (χ2v) is 9.03. The van der Waals surface area contributed by atoms with Crippen molar-refractivity contribution < 1.29 is 19.1 Å². The Labute approximate surface area is 208 Å². The zero-order valence-electron chi connectivity index (χ0n) is 20.3. The second kappa shape index (κ2) is 9.35. The number of aromatic amines is 1. The van der Waals surface area contributed by atoms with Gasteiger partial charge in [0.15, 0.2) is 0 Å². The average Bonchev–Trinajstić information content (AvgIpc) is 3.53. The summed E-state index contributed by atoms with van der Waals surface area (Å²) in [4.78, 5) is 44.9. The van der Waals surface area contributed by atoms with Gasteiger partial charge in [0.1, 0.15) is 5.82 Å². The van der Waals surface area contributed by atoms with E-state index in [0.717, 1.165) is 23.4 Å². The van der Waals surface area contributed by atoms with Crippen molar-refractivity contribution in [2.24, 2.45) is 0 Å². The number of H-pyrrole nitrogens is 1. The largest absolute Gasteiger partial charge is 0.465 e. The standard InChI is InChI=1S/C27H27N5O4/c1-31(2)15-23(33)32-12-11-19-21(32)14-22(28-19)30-25(16-7-5-4-6-8-16)24-18-10-9-17(27(35)36-3)13-20(18)29-26(24)34/h4-10,13-14,28,30H,11-12,15H2,1-3H3,(H,29,34)/b25-24-. The third-order valence-electron chi connectivity index (χ3n) is 6.26. The summed E-state index contributed by atoms with van der Waals surface area (Å²) in [5.74, 6) is -0.0296. The van der Waals surface area contributed by atoms with Gasteiger partial charge in [-0.2, -0.15) is 0 Å². The molecule has 1 aromatic heterocycles. The van der Waals surface area contributed by atoms with Crippen LogP contribution in [0.2, 0.25) is 0 Å². The quantitative estimate of drug-likeness (QED) is 0.366. The molecule has 9 nitrogen and oxygen atoms in total. The van der Waals surface area contributed by atoms with E-state index in [1.807, 2.05) is 55.4 Å². The van der Waals surface area contributed by atoms with Crippen LogP contribution < -0.4 is 15.5 Å². The lowest BCUT2D eigenvalue weighted by atomic mass is 9.99. The van der Waals surface area contributed by atoms with Gasteiger partial charge in [-0.15, -0.1) is 0 Å². The molecule has 2 amide bonds. The second-order valence-electron chi connectivity index (χ2n) is 9.03. The zero-order valence-corrected chi connectivity index (χ0v) is 20.3. The Morgan fingerprint density at radius 2 is 1.86 bits per heavy atom. The van der Waals surface area contributed by atoms with Gasteiger partial charge in [-0.25, -0.2) is 4.79 Å². The van der Waals surface area contributed by atoms with Crippen LogP contribution in [0.5, 0.6) is 0 Å². The van der Waals surface area contributed by atoms with Crippen LogP contribution in [0.25, 0.3) is 11.3 Å². The highest BCUT2D eigenvalue weighted by Crippen LogP contribution is 2.39. The van der Waals surface area contributed by atoms with Gasteiger partial charge in [0.25, 0.3) is 5.91 Å². The first kappa shape index (κ1) is 23.4.